The van der Waals surface area contributed by atoms with Crippen LogP contribution in [0.15, 0.2) is 97.3 Å². The Kier molecular flexibility index (Phi) is 5.18. The van der Waals surface area contributed by atoms with Gasteiger partial charge in [-0.25, -0.2) is 0 Å². The van der Waals surface area contributed by atoms with Crippen LogP contribution >= 0.6 is 0 Å². The topological polar surface area (TPSA) is 66.0 Å². The van der Waals surface area contributed by atoms with Gasteiger partial charge in [0.05, 0.1) is 0 Å². The van der Waals surface area contributed by atoms with Crippen LogP contribution in [0, 0.1) is 0 Å². The number of nitrogens with one attached hydrogen (secondary N) is 1. The SMILES string of the molecule is O=C1C=c2cc(-c3ccccc3)[nH]c2=CC1(O)c1ccccc1.c1ccncc1. The minimum Gasteiger partial charge on any atom is -0.373 e. The van der Waals surface area contributed by atoms with E-state index in [4.69, 9.17) is 0 Å². The highest BCUT2D eigenvalue weighted by molar-refractivity contribution is 6.15. The maximum absolute atomic E-state index is 12.5. The molecule has 0 saturated heterocycles. The molecule has 0 amide bonds. The van der Waals surface area contributed by atoms with Crippen molar-refractivity contribution in [1.82, 2.24) is 9.97 Å². The van der Waals surface area contributed by atoms with Gasteiger partial charge in [0.25, 0.3) is 0 Å². The zero-order valence-electron chi connectivity index (χ0n) is 15.7. The zero-order valence-corrected chi connectivity index (χ0v) is 15.7. The van der Waals surface area contributed by atoms with Gasteiger partial charge in [0, 0.05) is 28.7 Å². The van der Waals surface area contributed by atoms with Gasteiger partial charge < -0.3 is 10.1 Å². The molecule has 2 N–H and O–H groups in total. The maximum atomic E-state index is 12.5. The number of benzene rings is 2. The Balaban J connectivity index is 0.000000294. The summed E-state index contributed by atoms with van der Waals surface area (Å²) in [5.41, 5.74) is 0.919. The number of H-pyrrole nitrogens is 1. The number of Topliss-reactive ketones (excluding diaryl/α,β-unsaturated/α-hetero) is 1. The molecule has 1 unspecified atom stereocenters. The average molecular weight is 380 g/mol. The molecule has 2 aromatic carbocycles. The molecule has 1 aliphatic rings. The van der Waals surface area contributed by atoms with E-state index in [-0.39, 0.29) is 5.78 Å². The third-order valence-electron chi connectivity index (χ3n) is 4.76. The fraction of sp³-hybridized carbons (Fsp3) is 0.0400. The van der Waals surface area contributed by atoms with Gasteiger partial charge in [-0.1, -0.05) is 66.7 Å². The third-order valence-corrected chi connectivity index (χ3v) is 4.76. The highest BCUT2D eigenvalue weighted by Crippen LogP contribution is 2.26. The van der Waals surface area contributed by atoms with E-state index >= 15 is 0 Å². The zero-order chi connectivity index (χ0) is 20.1. The standard InChI is InChI=1S/C20H15NO2.C5H5N/c22-19-12-15-11-17(14-7-3-1-4-8-14)21-18(15)13-20(19,23)16-9-5-2-6-10-16;1-2-4-6-5-3-1/h1-13,21,23H;1-5H. The van der Waals surface area contributed by atoms with Crippen molar-refractivity contribution in [2.45, 2.75) is 5.60 Å². The Morgan fingerprint density at radius 2 is 1.45 bits per heavy atom. The van der Waals surface area contributed by atoms with Crippen molar-refractivity contribution >= 4 is 17.9 Å². The molecular weight excluding hydrogens is 360 g/mol. The third kappa shape index (κ3) is 3.93. The Morgan fingerprint density at radius 3 is 2.03 bits per heavy atom. The first kappa shape index (κ1) is 18.6. The highest BCUT2D eigenvalue weighted by atomic mass is 16.3. The summed E-state index contributed by atoms with van der Waals surface area (Å²) < 4.78 is 0. The molecule has 142 valence electrons. The number of rotatable bonds is 2. The van der Waals surface area contributed by atoms with Gasteiger partial charge in [0.15, 0.2) is 11.4 Å². The monoisotopic (exact) mass is 380 g/mol. The Hall–Kier alpha value is -3.76. The molecular formula is C25H20N2O2. The van der Waals surface area contributed by atoms with Crippen LogP contribution < -0.4 is 10.6 Å². The number of fused-ring (bicyclic) bond motifs is 1. The normalized spacial score (nSPS) is 17.2. The fourth-order valence-electron chi connectivity index (χ4n) is 3.26. The lowest BCUT2D eigenvalue weighted by Crippen LogP contribution is -2.42. The van der Waals surface area contributed by atoms with E-state index < -0.39 is 5.60 Å². The molecule has 0 spiro atoms. The predicted molar refractivity (Wildman–Crippen MR) is 114 cm³/mol. The average Bonchev–Trinajstić information content (AvgIpc) is 3.19. The molecule has 4 aromatic rings. The molecule has 29 heavy (non-hydrogen) atoms. The summed E-state index contributed by atoms with van der Waals surface area (Å²) in [5.74, 6) is -0.324. The van der Waals surface area contributed by atoms with Crippen molar-refractivity contribution in [2.75, 3.05) is 0 Å². The molecule has 2 aromatic heterocycles. The first-order chi connectivity index (χ1) is 14.2. The first-order valence-electron chi connectivity index (χ1n) is 9.33. The second-order valence-electron chi connectivity index (χ2n) is 6.73. The summed E-state index contributed by atoms with van der Waals surface area (Å²) in [6.45, 7) is 0. The van der Waals surface area contributed by atoms with Crippen molar-refractivity contribution in [3.8, 4) is 11.3 Å². The fourth-order valence-corrected chi connectivity index (χ4v) is 3.26. The van der Waals surface area contributed by atoms with Gasteiger partial charge >= 0.3 is 0 Å². The molecule has 0 saturated carbocycles. The van der Waals surface area contributed by atoms with Gasteiger partial charge in [-0.05, 0) is 41.5 Å². The van der Waals surface area contributed by atoms with Crippen molar-refractivity contribution in [2.24, 2.45) is 0 Å². The Labute approximate surface area is 168 Å². The summed E-state index contributed by atoms with van der Waals surface area (Å²) in [4.78, 5) is 19.6. The van der Waals surface area contributed by atoms with E-state index in [0.29, 0.717) is 5.56 Å². The number of hydrogen-bond donors (Lipinski definition) is 2. The molecule has 0 aliphatic heterocycles. The van der Waals surface area contributed by atoms with Crippen molar-refractivity contribution < 1.29 is 9.90 Å². The highest BCUT2D eigenvalue weighted by Gasteiger charge is 2.35. The molecule has 1 atom stereocenters. The van der Waals surface area contributed by atoms with Gasteiger partial charge in [0.1, 0.15) is 0 Å². The number of ketones is 1. The van der Waals surface area contributed by atoms with Crippen LogP contribution in [-0.4, -0.2) is 20.9 Å². The minimum absolute atomic E-state index is 0.324. The summed E-state index contributed by atoms with van der Waals surface area (Å²) in [5, 5.41) is 12.4. The summed E-state index contributed by atoms with van der Waals surface area (Å²) in [6, 6.07) is 26.5. The lowest BCUT2D eigenvalue weighted by Gasteiger charge is -2.23. The number of nitrogens with zero attached hydrogens (tertiary/aromatic N) is 1. The van der Waals surface area contributed by atoms with Crippen molar-refractivity contribution in [1.29, 1.82) is 0 Å². The van der Waals surface area contributed by atoms with E-state index in [9.17, 15) is 9.90 Å². The molecule has 1 aliphatic carbocycles. The molecule has 0 bridgehead atoms. The van der Waals surface area contributed by atoms with Gasteiger partial charge in [0.2, 0.25) is 0 Å². The number of hydrogen-bond acceptors (Lipinski definition) is 3. The predicted octanol–water partition coefficient (Wildman–Crippen LogP) is 2.79. The van der Waals surface area contributed by atoms with E-state index in [1.807, 2.05) is 72.8 Å². The minimum atomic E-state index is -1.62. The maximum Gasteiger partial charge on any atom is 0.196 e. The van der Waals surface area contributed by atoms with Crippen LogP contribution in [0.5, 0.6) is 0 Å². The quantitative estimate of drug-likeness (QED) is 0.562. The number of aromatic amines is 1. The number of carbonyl (C=O) groups is 1. The Morgan fingerprint density at radius 1 is 0.828 bits per heavy atom. The van der Waals surface area contributed by atoms with E-state index in [0.717, 1.165) is 21.8 Å². The van der Waals surface area contributed by atoms with Crippen LogP contribution in [0.25, 0.3) is 23.4 Å². The van der Waals surface area contributed by atoms with Crippen molar-refractivity contribution in [3.63, 3.8) is 0 Å². The van der Waals surface area contributed by atoms with Crippen LogP contribution in [0.3, 0.4) is 0 Å². The lowest BCUT2D eigenvalue weighted by molar-refractivity contribution is -0.125. The lowest BCUT2D eigenvalue weighted by atomic mass is 9.86. The number of pyridine rings is 1. The molecule has 0 fully saturated rings. The second kappa shape index (κ2) is 8.09. The molecule has 2 heterocycles. The first-order valence-corrected chi connectivity index (χ1v) is 9.33. The van der Waals surface area contributed by atoms with E-state index in [1.165, 1.54) is 6.08 Å². The van der Waals surface area contributed by atoms with E-state index in [1.54, 1.807) is 30.6 Å². The van der Waals surface area contributed by atoms with Gasteiger partial charge in [-0.2, -0.15) is 0 Å². The molecule has 5 rings (SSSR count). The summed E-state index contributed by atoms with van der Waals surface area (Å²) in [7, 11) is 0. The van der Waals surface area contributed by atoms with Crippen LogP contribution in [0.2, 0.25) is 0 Å². The van der Waals surface area contributed by atoms with E-state index in [2.05, 4.69) is 9.97 Å². The van der Waals surface area contributed by atoms with Gasteiger partial charge in [-0.15, -0.1) is 0 Å². The van der Waals surface area contributed by atoms with Gasteiger partial charge in [-0.3, -0.25) is 9.78 Å². The number of carbonyl (C=O) groups excluding carboxylic acids is 1. The molecule has 4 nitrogen and oxygen atoms in total. The van der Waals surface area contributed by atoms with Crippen molar-refractivity contribution in [3.05, 3.63) is 113 Å². The second-order valence-corrected chi connectivity index (χ2v) is 6.73. The number of aromatic nitrogens is 2. The number of aliphatic hydroxyl groups is 1. The summed E-state index contributed by atoms with van der Waals surface area (Å²) in [6.07, 6.45) is 6.61. The van der Waals surface area contributed by atoms with Crippen LogP contribution in [0.4, 0.5) is 0 Å². The summed E-state index contributed by atoms with van der Waals surface area (Å²) >= 11 is 0. The Bertz CT molecular complexity index is 1190. The molecule has 4 heteroatoms. The smallest absolute Gasteiger partial charge is 0.196 e. The largest absolute Gasteiger partial charge is 0.373 e. The van der Waals surface area contributed by atoms with Crippen LogP contribution in [-0.2, 0) is 10.4 Å². The molecule has 0 radical (unpaired) electrons. The van der Waals surface area contributed by atoms with Crippen LogP contribution in [0.1, 0.15) is 5.56 Å².